The van der Waals surface area contributed by atoms with Gasteiger partial charge in [-0.1, -0.05) is 18.2 Å². The van der Waals surface area contributed by atoms with Gasteiger partial charge in [-0.2, -0.15) is 8.42 Å². The van der Waals surface area contributed by atoms with Crippen molar-refractivity contribution in [2.45, 2.75) is 0 Å². The Morgan fingerprint density at radius 3 is 1.85 bits per heavy atom. The predicted octanol–water partition coefficient (Wildman–Crippen LogP) is 0.920. The highest BCUT2D eigenvalue weighted by Gasteiger charge is 1.82. The first-order chi connectivity index (χ1) is 5.93. The van der Waals surface area contributed by atoms with Crippen molar-refractivity contribution >= 4 is 31.5 Å². The van der Waals surface area contributed by atoms with Crippen molar-refractivity contribution in [3.05, 3.63) is 33.9 Å². The van der Waals surface area contributed by atoms with Gasteiger partial charge in [-0.05, 0) is 12.1 Å². The van der Waals surface area contributed by atoms with Crippen LogP contribution < -0.4 is 5.14 Å². The zero-order chi connectivity index (χ0) is 10.3. The van der Waals surface area contributed by atoms with Gasteiger partial charge < -0.3 is 0 Å². The molecule has 0 aromatic heterocycles. The lowest BCUT2D eigenvalue weighted by Gasteiger charge is -1.80. The predicted molar refractivity (Wildman–Crippen MR) is 55.6 cm³/mol. The summed E-state index contributed by atoms with van der Waals surface area (Å²) in [6.07, 6.45) is 0. The Morgan fingerprint density at radius 2 is 1.62 bits per heavy atom. The van der Waals surface area contributed by atoms with Gasteiger partial charge in [-0.15, -0.1) is 0 Å². The Morgan fingerprint density at radius 1 is 1.23 bits per heavy atom. The molecule has 0 saturated carbocycles. The highest BCUT2D eigenvalue weighted by molar-refractivity contribution is 14.1. The molecule has 13 heavy (non-hydrogen) atoms. The van der Waals surface area contributed by atoms with E-state index < -0.39 is 31.5 Å². The number of rotatable bonds is 1. The molecule has 7 heteroatoms. The van der Waals surface area contributed by atoms with Crippen molar-refractivity contribution < 1.29 is 16.0 Å². The van der Waals surface area contributed by atoms with E-state index >= 15 is 0 Å². The molecular formula is C6H8INO4S. The maximum atomic E-state index is 10.2. The molecule has 3 N–H and O–H groups in total. The van der Waals surface area contributed by atoms with Gasteiger partial charge in [-0.3, -0.25) is 7.62 Å². The van der Waals surface area contributed by atoms with Crippen LogP contribution in [0.25, 0.3) is 0 Å². The van der Waals surface area contributed by atoms with Crippen LogP contribution in [0, 0.1) is 3.57 Å². The lowest BCUT2D eigenvalue weighted by molar-refractivity contribution is 0.485. The lowest BCUT2D eigenvalue weighted by atomic mass is 10.4. The van der Waals surface area contributed by atoms with Crippen molar-refractivity contribution in [1.29, 1.82) is 0 Å². The summed E-state index contributed by atoms with van der Waals surface area (Å²) in [5.41, 5.74) is 0. The molecule has 0 bridgehead atoms. The quantitative estimate of drug-likeness (QED) is 0.594. The average molecular weight is 317 g/mol. The minimum absolute atomic E-state index is 0.941. The smallest absolute Gasteiger partial charge is 0.274 e. The molecule has 0 atom stereocenters. The van der Waals surface area contributed by atoms with Crippen LogP contribution in [0.2, 0.25) is 0 Å². The third kappa shape index (κ3) is 11.6. The molecule has 0 heterocycles. The highest BCUT2D eigenvalue weighted by atomic mass is 127. The number of hydrogen-bond donors (Lipinski definition) is 2. The number of halogens is 1. The van der Waals surface area contributed by atoms with Crippen molar-refractivity contribution in [3.8, 4) is 0 Å². The van der Waals surface area contributed by atoms with Crippen LogP contribution in [0.4, 0.5) is 0 Å². The summed E-state index contributed by atoms with van der Waals surface area (Å²) in [4.78, 5) is 0. The summed E-state index contributed by atoms with van der Waals surface area (Å²) in [6, 6.07) is 9.46. The van der Waals surface area contributed by atoms with Crippen LogP contribution >= 0.6 is 21.2 Å². The first-order valence-corrected chi connectivity index (χ1v) is 6.47. The summed E-state index contributed by atoms with van der Waals surface area (Å²) in [5.74, 6) is 0. The van der Waals surface area contributed by atoms with Gasteiger partial charge in [0.1, 0.15) is 0 Å². The van der Waals surface area contributed by atoms with E-state index in [2.05, 4.69) is 5.14 Å². The monoisotopic (exact) mass is 317 g/mol. The fourth-order valence-corrected chi connectivity index (χ4v) is 1.17. The zero-order valence-electron chi connectivity index (χ0n) is 6.42. The standard InChI is InChI=1S/C6H5IO.H3NO3S/c8-7-6-4-2-1-3-5-6;1-5(2,3)4/h1-5H;(H3,1,2,3,4). The molecule has 1 aromatic rings. The van der Waals surface area contributed by atoms with E-state index in [1.807, 2.05) is 30.3 Å². The third-order valence-corrected chi connectivity index (χ3v) is 2.05. The number of hydrogen-bond acceptors (Lipinski definition) is 3. The van der Waals surface area contributed by atoms with Crippen LogP contribution in [0.15, 0.2) is 30.3 Å². The van der Waals surface area contributed by atoms with E-state index in [4.69, 9.17) is 13.0 Å². The molecule has 0 saturated heterocycles. The fraction of sp³-hybridized carbons (Fsp3) is 0. The second-order valence-electron chi connectivity index (χ2n) is 1.89. The Kier molecular flexibility index (Phi) is 5.95. The van der Waals surface area contributed by atoms with E-state index in [0.29, 0.717) is 0 Å². The van der Waals surface area contributed by atoms with Gasteiger partial charge in [0.2, 0.25) is 0 Å². The van der Waals surface area contributed by atoms with Crippen LogP contribution in [0.3, 0.4) is 0 Å². The Hall–Kier alpha value is -0.380. The van der Waals surface area contributed by atoms with Gasteiger partial charge in [0.25, 0.3) is 0 Å². The normalized spacial score (nSPS) is 10.0. The number of benzene rings is 1. The van der Waals surface area contributed by atoms with E-state index in [-0.39, 0.29) is 0 Å². The largest absolute Gasteiger partial charge is 0.330 e. The van der Waals surface area contributed by atoms with Gasteiger partial charge in [0.15, 0.2) is 21.2 Å². The van der Waals surface area contributed by atoms with E-state index in [1.54, 1.807) is 0 Å². The second kappa shape index (κ2) is 6.13. The Labute approximate surface area is 86.5 Å². The van der Waals surface area contributed by atoms with Crippen LogP contribution in [0.5, 0.6) is 0 Å². The average Bonchev–Trinajstić information content (AvgIpc) is 2.03. The van der Waals surface area contributed by atoms with Crippen molar-refractivity contribution in [1.82, 2.24) is 0 Å². The third-order valence-electron chi connectivity index (χ3n) is 0.822. The summed E-state index contributed by atoms with van der Waals surface area (Å²) in [6.45, 7) is 0. The Balaban J connectivity index is 0.000000252. The molecule has 0 unspecified atom stereocenters. The van der Waals surface area contributed by atoms with Crippen LogP contribution in [0.1, 0.15) is 0 Å². The van der Waals surface area contributed by atoms with E-state index in [9.17, 15) is 3.07 Å². The maximum Gasteiger partial charge on any atom is 0.330 e. The van der Waals surface area contributed by atoms with E-state index in [1.165, 1.54) is 0 Å². The zero-order valence-corrected chi connectivity index (χ0v) is 9.40. The number of nitrogens with two attached hydrogens (primary N) is 1. The second-order valence-corrected chi connectivity index (χ2v) is 4.60. The lowest BCUT2D eigenvalue weighted by Crippen LogP contribution is -2.08. The fourth-order valence-electron chi connectivity index (χ4n) is 0.466. The summed E-state index contributed by atoms with van der Waals surface area (Å²) < 4.78 is 36.4. The van der Waals surface area contributed by atoms with Gasteiger partial charge in [-0.25, -0.2) is 5.14 Å². The Bertz CT molecular complexity index is 342. The molecule has 0 aliphatic rings. The molecule has 74 valence electrons. The molecule has 5 nitrogen and oxygen atoms in total. The molecule has 0 aliphatic heterocycles. The minimum Gasteiger partial charge on any atom is -0.274 e. The molecule has 0 amide bonds. The molecule has 0 spiro atoms. The van der Waals surface area contributed by atoms with Crippen molar-refractivity contribution in [2.24, 2.45) is 5.14 Å². The molecule has 0 radical (unpaired) electrons. The van der Waals surface area contributed by atoms with E-state index in [0.717, 1.165) is 3.57 Å². The van der Waals surface area contributed by atoms with Crippen molar-refractivity contribution in [2.75, 3.05) is 0 Å². The molecule has 0 fully saturated rings. The van der Waals surface area contributed by atoms with Gasteiger partial charge in [0, 0.05) is 3.57 Å². The van der Waals surface area contributed by atoms with Crippen molar-refractivity contribution in [3.63, 3.8) is 0 Å². The van der Waals surface area contributed by atoms with Crippen LogP contribution in [-0.4, -0.2) is 13.0 Å². The van der Waals surface area contributed by atoms with Crippen LogP contribution in [-0.2, 0) is 13.4 Å². The molecule has 1 rings (SSSR count). The maximum absolute atomic E-state index is 10.2. The first kappa shape index (κ1) is 12.6. The SMILES string of the molecule is NS(=O)(=O)O.O=Ic1ccccc1. The van der Waals surface area contributed by atoms with Gasteiger partial charge in [0.05, 0.1) is 0 Å². The molecular weight excluding hydrogens is 309 g/mol. The van der Waals surface area contributed by atoms with Gasteiger partial charge >= 0.3 is 10.3 Å². The highest BCUT2D eigenvalue weighted by Crippen LogP contribution is 2.06. The first-order valence-electron chi connectivity index (χ1n) is 3.01. The molecule has 0 aliphatic carbocycles. The topological polar surface area (TPSA) is 97.5 Å². The summed E-state index contributed by atoms with van der Waals surface area (Å²) in [7, 11) is -4.17. The molecule has 1 aromatic carbocycles. The summed E-state index contributed by atoms with van der Waals surface area (Å²) >= 11 is -0.941. The summed E-state index contributed by atoms with van der Waals surface area (Å²) in [5, 5.41) is 3.88. The minimum atomic E-state index is -4.17.